The molecule has 1 aromatic rings. The van der Waals surface area contributed by atoms with Crippen LogP contribution in [-0.4, -0.2) is 63.6 Å². The van der Waals surface area contributed by atoms with Crippen LogP contribution in [0.1, 0.15) is 38.5 Å². The summed E-state index contributed by atoms with van der Waals surface area (Å²) in [5.74, 6) is 0.730. The summed E-state index contributed by atoms with van der Waals surface area (Å²) in [6.45, 7) is 3.50. The van der Waals surface area contributed by atoms with Gasteiger partial charge in [0.25, 0.3) is 5.91 Å². The van der Waals surface area contributed by atoms with Crippen LogP contribution in [-0.2, 0) is 14.8 Å². The topological polar surface area (TPSA) is 103 Å². The van der Waals surface area contributed by atoms with Gasteiger partial charge in [-0.25, -0.2) is 8.42 Å². The van der Waals surface area contributed by atoms with Crippen molar-refractivity contribution in [2.24, 2.45) is 5.73 Å². The van der Waals surface area contributed by atoms with E-state index in [0.29, 0.717) is 50.6 Å². The van der Waals surface area contributed by atoms with Crippen LogP contribution in [0.15, 0.2) is 23.1 Å². The lowest BCUT2D eigenvalue weighted by atomic mass is 9.84. The number of benzene rings is 1. The fraction of sp³-hybridized carbons (Fsp3) is 0.650. The largest absolute Gasteiger partial charge is 0.490 e. The lowest BCUT2D eigenvalue weighted by Crippen LogP contribution is -3.22. The number of fused-ring (bicyclic) bond motifs is 1. The smallest absolute Gasteiger partial charge is 0.278 e. The first-order chi connectivity index (χ1) is 13.9. The number of hydrogen-bond donors (Lipinski definition) is 2. The predicted octanol–water partition coefficient (Wildman–Crippen LogP) is -0.0747. The summed E-state index contributed by atoms with van der Waals surface area (Å²) in [6.07, 6.45) is 5.04. The third kappa shape index (κ3) is 3.83. The molecule has 4 rings (SSSR count). The molecule has 3 N–H and O–H groups in total. The number of nitrogens with one attached hydrogen (secondary N) is 1. The molecule has 0 unspecified atom stereocenters. The van der Waals surface area contributed by atoms with Crippen LogP contribution in [0.2, 0.25) is 0 Å². The summed E-state index contributed by atoms with van der Waals surface area (Å²) in [7, 11) is -3.68. The Balaban J connectivity index is 1.52. The molecule has 0 aliphatic carbocycles. The van der Waals surface area contributed by atoms with Crippen LogP contribution < -0.4 is 20.1 Å². The first kappa shape index (κ1) is 20.4. The van der Waals surface area contributed by atoms with Gasteiger partial charge in [-0.2, -0.15) is 4.31 Å². The number of likely N-dealkylation sites (tertiary alicyclic amines) is 1. The minimum atomic E-state index is -3.68. The zero-order chi connectivity index (χ0) is 20.5. The molecule has 1 amide bonds. The van der Waals surface area contributed by atoms with Crippen molar-refractivity contribution in [2.75, 3.05) is 39.4 Å². The summed E-state index contributed by atoms with van der Waals surface area (Å²) >= 11 is 0. The first-order valence-electron chi connectivity index (χ1n) is 10.5. The maximum atomic E-state index is 13.2. The van der Waals surface area contributed by atoms with E-state index >= 15 is 0 Å². The van der Waals surface area contributed by atoms with Gasteiger partial charge in [0.05, 0.1) is 31.2 Å². The second-order valence-electron chi connectivity index (χ2n) is 8.17. The van der Waals surface area contributed by atoms with E-state index < -0.39 is 15.6 Å². The SMILES string of the molecule is NC(=O)C1([NH+]2CCCCC2)CCN(S(=O)(=O)c2ccc3c(c2)OCCCO3)CC1. The minimum absolute atomic E-state index is 0.193. The molecule has 160 valence electrons. The van der Waals surface area contributed by atoms with Gasteiger partial charge in [0.15, 0.2) is 17.0 Å². The van der Waals surface area contributed by atoms with Crippen LogP contribution in [0, 0.1) is 0 Å². The molecule has 2 fully saturated rings. The molecule has 3 aliphatic rings. The highest BCUT2D eigenvalue weighted by Gasteiger charge is 2.50. The molecule has 0 bridgehead atoms. The molecule has 1 aromatic carbocycles. The molecule has 2 saturated heterocycles. The Kier molecular flexibility index (Phi) is 5.72. The van der Waals surface area contributed by atoms with E-state index in [0.717, 1.165) is 32.4 Å². The Morgan fingerprint density at radius 2 is 1.66 bits per heavy atom. The van der Waals surface area contributed by atoms with Gasteiger partial charge in [0, 0.05) is 38.4 Å². The zero-order valence-electron chi connectivity index (χ0n) is 16.7. The van der Waals surface area contributed by atoms with Crippen molar-refractivity contribution in [1.82, 2.24) is 4.31 Å². The molecule has 8 nitrogen and oxygen atoms in total. The molecule has 29 heavy (non-hydrogen) atoms. The third-order valence-electron chi connectivity index (χ3n) is 6.54. The van der Waals surface area contributed by atoms with Gasteiger partial charge in [-0.3, -0.25) is 4.79 Å². The Bertz CT molecular complexity index is 859. The van der Waals surface area contributed by atoms with Crippen molar-refractivity contribution in [2.45, 2.75) is 49.0 Å². The van der Waals surface area contributed by atoms with Gasteiger partial charge < -0.3 is 20.1 Å². The number of primary amides is 1. The molecule has 9 heteroatoms. The number of sulfonamides is 1. The minimum Gasteiger partial charge on any atom is -0.490 e. The van der Waals surface area contributed by atoms with Crippen molar-refractivity contribution >= 4 is 15.9 Å². The highest BCUT2D eigenvalue weighted by atomic mass is 32.2. The number of rotatable bonds is 4. The maximum Gasteiger partial charge on any atom is 0.278 e. The zero-order valence-corrected chi connectivity index (χ0v) is 17.5. The van der Waals surface area contributed by atoms with Crippen molar-refractivity contribution in [3.05, 3.63) is 18.2 Å². The third-order valence-corrected chi connectivity index (χ3v) is 8.43. The lowest BCUT2D eigenvalue weighted by Gasteiger charge is -2.44. The Morgan fingerprint density at radius 1 is 1.00 bits per heavy atom. The number of carbonyl (C=O) groups excluding carboxylic acids is 1. The quantitative estimate of drug-likeness (QED) is 0.704. The standard InChI is InChI=1S/C20H29N3O5S/c21-19(24)20(22-9-2-1-3-10-22)7-11-23(12-8-20)29(25,26)16-5-6-17-18(15-16)28-14-4-13-27-17/h5-6,15H,1-4,7-14H2,(H2,21,24)/p+1. The number of piperidine rings is 2. The van der Waals surface area contributed by atoms with E-state index in [4.69, 9.17) is 15.2 Å². The predicted molar refractivity (Wildman–Crippen MR) is 107 cm³/mol. The van der Waals surface area contributed by atoms with Crippen molar-refractivity contribution in [3.63, 3.8) is 0 Å². The Labute approximate surface area is 172 Å². The molecule has 0 atom stereocenters. The summed E-state index contributed by atoms with van der Waals surface area (Å²) in [6, 6.07) is 4.76. The van der Waals surface area contributed by atoms with Crippen molar-refractivity contribution in [3.8, 4) is 11.5 Å². The van der Waals surface area contributed by atoms with Crippen LogP contribution >= 0.6 is 0 Å². The van der Waals surface area contributed by atoms with Crippen LogP contribution in [0.25, 0.3) is 0 Å². The molecule has 0 saturated carbocycles. The summed E-state index contributed by atoms with van der Waals surface area (Å²) in [4.78, 5) is 13.8. The monoisotopic (exact) mass is 424 g/mol. The van der Waals surface area contributed by atoms with E-state index in [2.05, 4.69) is 0 Å². The normalized spacial score (nSPS) is 23.3. The van der Waals surface area contributed by atoms with Crippen LogP contribution in [0.5, 0.6) is 11.5 Å². The molecule has 3 aliphatic heterocycles. The second kappa shape index (κ2) is 8.12. The van der Waals surface area contributed by atoms with E-state index in [-0.39, 0.29) is 10.8 Å². The molecular formula is C20H30N3O5S+. The lowest BCUT2D eigenvalue weighted by molar-refractivity contribution is -0.948. The average Bonchev–Trinajstić information content (AvgIpc) is 2.99. The Morgan fingerprint density at radius 3 is 2.31 bits per heavy atom. The van der Waals surface area contributed by atoms with Gasteiger partial charge in [-0.1, -0.05) is 0 Å². The van der Waals surface area contributed by atoms with Gasteiger partial charge in [-0.05, 0) is 31.4 Å². The molecule has 0 spiro atoms. The van der Waals surface area contributed by atoms with E-state index in [1.54, 1.807) is 18.2 Å². The molecule has 3 heterocycles. The number of ether oxygens (including phenoxy) is 2. The fourth-order valence-electron chi connectivity index (χ4n) is 4.79. The maximum absolute atomic E-state index is 13.2. The second-order valence-corrected chi connectivity index (χ2v) is 10.1. The number of amides is 1. The molecule has 0 aromatic heterocycles. The summed E-state index contributed by atoms with van der Waals surface area (Å²) in [5.41, 5.74) is 5.18. The van der Waals surface area contributed by atoms with E-state index in [1.165, 1.54) is 15.6 Å². The first-order valence-corrected chi connectivity index (χ1v) is 11.9. The number of nitrogens with two attached hydrogens (primary N) is 1. The van der Waals surface area contributed by atoms with Crippen molar-refractivity contribution < 1.29 is 27.6 Å². The summed E-state index contributed by atoms with van der Waals surface area (Å²) < 4.78 is 39.2. The van der Waals surface area contributed by atoms with Crippen molar-refractivity contribution in [1.29, 1.82) is 0 Å². The van der Waals surface area contributed by atoms with Gasteiger partial charge in [0.2, 0.25) is 10.0 Å². The average molecular weight is 425 g/mol. The van der Waals surface area contributed by atoms with E-state index in [1.807, 2.05) is 0 Å². The number of nitrogens with zero attached hydrogens (tertiary/aromatic N) is 1. The van der Waals surface area contributed by atoms with Crippen LogP contribution in [0.3, 0.4) is 0 Å². The van der Waals surface area contributed by atoms with Crippen LogP contribution in [0.4, 0.5) is 0 Å². The Hall–Kier alpha value is -1.84. The van der Waals surface area contributed by atoms with Gasteiger partial charge in [0.1, 0.15) is 0 Å². The number of quaternary nitrogens is 1. The number of carbonyl (C=O) groups is 1. The summed E-state index contributed by atoms with van der Waals surface area (Å²) in [5, 5.41) is 0. The highest BCUT2D eigenvalue weighted by molar-refractivity contribution is 7.89. The molecular weight excluding hydrogens is 394 g/mol. The fourth-order valence-corrected chi connectivity index (χ4v) is 6.25. The molecule has 0 radical (unpaired) electrons. The van der Waals surface area contributed by atoms with E-state index in [9.17, 15) is 13.2 Å². The van der Waals surface area contributed by atoms with Gasteiger partial charge in [-0.15, -0.1) is 0 Å². The number of hydrogen-bond acceptors (Lipinski definition) is 5. The van der Waals surface area contributed by atoms with Gasteiger partial charge >= 0.3 is 0 Å². The highest BCUT2D eigenvalue weighted by Crippen LogP contribution is 2.34.